The predicted molar refractivity (Wildman–Crippen MR) is 272 cm³/mol. The number of hydrogen-bond acceptors (Lipinski definition) is 11. The Morgan fingerprint density at radius 2 is 1.10 bits per heavy atom. The number of aryl methyl sites for hydroxylation is 1. The lowest BCUT2D eigenvalue weighted by molar-refractivity contribution is 0.0703. The van der Waals surface area contributed by atoms with E-state index in [9.17, 15) is 4.57 Å². The number of anilines is 1. The number of ether oxygens (including phenoxy) is 2. The average Bonchev–Trinajstić information content (AvgIpc) is 3.72. The van der Waals surface area contributed by atoms with Crippen LogP contribution < -0.4 is 15.5 Å². The van der Waals surface area contributed by atoms with Crippen LogP contribution in [0.3, 0.4) is 0 Å². The van der Waals surface area contributed by atoms with Crippen LogP contribution in [0.5, 0.6) is 5.75 Å². The zero-order chi connectivity index (χ0) is 48.3. The largest absolute Gasteiger partial charge is 0.497 e. The molecule has 2 N–H and O–H groups in total. The van der Waals surface area contributed by atoms with Gasteiger partial charge in [0, 0.05) is 6.42 Å². The fourth-order valence-corrected chi connectivity index (χ4v) is 11.0. The van der Waals surface area contributed by atoms with Crippen LogP contribution in [0.15, 0.2) is 176 Å². The molecule has 8 aromatic rings. The first kappa shape index (κ1) is 48.9. The van der Waals surface area contributed by atoms with Gasteiger partial charge in [0.25, 0.3) is 0 Å². The molecule has 0 radical (unpaired) electrons. The van der Waals surface area contributed by atoms with Gasteiger partial charge >= 0.3 is 7.60 Å². The number of methoxy groups -OCH3 is 1. The van der Waals surface area contributed by atoms with Crippen molar-refractivity contribution >= 4 is 24.6 Å². The van der Waals surface area contributed by atoms with Gasteiger partial charge in [-0.1, -0.05) is 164 Å². The number of hydrogen-bond donors (Lipinski definition) is 2. The van der Waals surface area contributed by atoms with Gasteiger partial charge in [0.2, 0.25) is 0 Å². The highest BCUT2D eigenvalue weighted by molar-refractivity contribution is 7.53. The molecular weight excluding hydrogens is 884 g/mol. The normalized spacial score (nSPS) is 12.2. The highest BCUT2D eigenvalue weighted by Gasteiger charge is 2.43. The van der Waals surface area contributed by atoms with E-state index >= 15 is 0 Å². The van der Waals surface area contributed by atoms with Crippen LogP contribution in [0.2, 0.25) is 0 Å². The second-order valence-corrected chi connectivity index (χ2v) is 19.2. The molecule has 0 aliphatic heterocycles. The van der Waals surface area contributed by atoms with Gasteiger partial charge in [0.1, 0.15) is 23.7 Å². The summed E-state index contributed by atoms with van der Waals surface area (Å²) in [6.45, 7) is 7.81. The molecule has 0 spiro atoms. The summed E-state index contributed by atoms with van der Waals surface area (Å²) >= 11 is 0. The topological polar surface area (TPSA) is 131 Å². The summed E-state index contributed by atoms with van der Waals surface area (Å²) < 4.78 is 40.0. The Kier molecular flexibility index (Phi) is 15.8. The third-order valence-electron chi connectivity index (χ3n) is 11.9. The minimum atomic E-state index is -3.68. The van der Waals surface area contributed by atoms with E-state index in [4.69, 9.17) is 38.3 Å². The lowest BCUT2D eigenvalue weighted by Crippen LogP contribution is -2.45. The molecule has 12 nitrogen and oxygen atoms in total. The molecule has 69 heavy (non-hydrogen) atoms. The molecular formula is C56H61N6O6P. The average molecular weight is 945 g/mol. The van der Waals surface area contributed by atoms with Crippen molar-refractivity contribution in [2.45, 2.75) is 70.4 Å². The molecule has 0 unspecified atom stereocenters. The third kappa shape index (κ3) is 10.6. The number of imidazole rings is 1. The summed E-state index contributed by atoms with van der Waals surface area (Å²) in [6.07, 6.45) is 0.146. The molecule has 0 aliphatic carbocycles. The van der Waals surface area contributed by atoms with E-state index in [1.54, 1.807) is 14.2 Å². The van der Waals surface area contributed by atoms with Crippen molar-refractivity contribution in [3.05, 3.63) is 221 Å². The molecule has 0 aliphatic rings. The quantitative estimate of drug-likeness (QED) is 0.0275. The van der Waals surface area contributed by atoms with E-state index in [1.165, 1.54) is 0 Å². The summed E-state index contributed by atoms with van der Waals surface area (Å²) in [4.78, 5) is 21.7. The summed E-state index contributed by atoms with van der Waals surface area (Å²) in [5.41, 5.74) is 8.40. The first-order valence-electron chi connectivity index (χ1n) is 23.4. The Labute approximate surface area is 405 Å². The molecule has 0 atom stereocenters. The van der Waals surface area contributed by atoms with Gasteiger partial charge in [-0.2, -0.15) is 0 Å². The number of nitrogens with one attached hydrogen (secondary N) is 2. The van der Waals surface area contributed by atoms with Crippen LogP contribution in [-0.4, -0.2) is 58.8 Å². The summed E-state index contributed by atoms with van der Waals surface area (Å²) in [7, 11) is -0.442. The molecule has 2 aromatic heterocycles. The molecule has 2 heterocycles. The summed E-state index contributed by atoms with van der Waals surface area (Å²) in [6, 6.07) is 60.0. The number of aromatic nitrogens is 4. The molecule has 0 bridgehead atoms. The van der Waals surface area contributed by atoms with E-state index in [1.807, 2.05) is 111 Å². The van der Waals surface area contributed by atoms with E-state index in [-0.39, 0.29) is 25.3 Å². The van der Waals surface area contributed by atoms with Gasteiger partial charge in [-0.25, -0.2) is 20.4 Å². The van der Waals surface area contributed by atoms with Gasteiger partial charge in [0.15, 0.2) is 29.2 Å². The highest BCUT2D eigenvalue weighted by Crippen LogP contribution is 2.51. The zero-order valence-electron chi connectivity index (χ0n) is 40.1. The summed E-state index contributed by atoms with van der Waals surface area (Å²) in [5, 5.41) is 4.02. The van der Waals surface area contributed by atoms with Crippen molar-refractivity contribution in [3.63, 3.8) is 0 Å². The SMILES string of the molecule is CONc1nc(C(c2ccccc2)(c2ccccc2)c2ccccc2)nc2c1nc(CCCNC(c1ccccc1)(c1ccccc1)c1cccc(OC)c1)n2COCP(=O)(OC(C)C)OC(C)C. The maximum Gasteiger partial charge on any atom is 0.356 e. The first-order chi connectivity index (χ1) is 33.6. The van der Waals surface area contributed by atoms with E-state index in [2.05, 4.69) is 108 Å². The first-order valence-corrected chi connectivity index (χ1v) is 25.1. The molecule has 0 fully saturated rings. The minimum Gasteiger partial charge on any atom is -0.497 e. The summed E-state index contributed by atoms with van der Waals surface area (Å²) in [5.74, 6) is 2.30. The van der Waals surface area contributed by atoms with E-state index in [0.29, 0.717) is 48.0 Å². The van der Waals surface area contributed by atoms with Crippen LogP contribution in [-0.2, 0) is 47.3 Å². The highest BCUT2D eigenvalue weighted by atomic mass is 31.2. The van der Waals surface area contributed by atoms with Crippen LogP contribution in [0.4, 0.5) is 5.82 Å². The zero-order valence-corrected chi connectivity index (χ0v) is 41.0. The van der Waals surface area contributed by atoms with Crippen molar-refractivity contribution in [3.8, 4) is 5.75 Å². The monoisotopic (exact) mass is 944 g/mol. The molecule has 0 saturated heterocycles. The van der Waals surface area contributed by atoms with Crippen LogP contribution >= 0.6 is 7.60 Å². The van der Waals surface area contributed by atoms with Gasteiger partial charge < -0.3 is 18.5 Å². The van der Waals surface area contributed by atoms with Crippen LogP contribution in [0.25, 0.3) is 11.2 Å². The van der Waals surface area contributed by atoms with Crippen LogP contribution in [0.1, 0.15) is 79.1 Å². The maximum absolute atomic E-state index is 14.1. The Morgan fingerprint density at radius 3 is 1.58 bits per heavy atom. The van der Waals surface area contributed by atoms with Crippen molar-refractivity contribution < 1.29 is 27.9 Å². The Morgan fingerprint density at radius 1 is 0.609 bits per heavy atom. The van der Waals surface area contributed by atoms with Crippen LogP contribution in [0, 0.1) is 0 Å². The second-order valence-electron chi connectivity index (χ2n) is 17.3. The number of fused-ring (bicyclic) bond motifs is 1. The maximum atomic E-state index is 14.1. The molecule has 13 heteroatoms. The van der Waals surface area contributed by atoms with Gasteiger partial charge in [0.05, 0.1) is 32.0 Å². The smallest absolute Gasteiger partial charge is 0.356 e. The lowest BCUT2D eigenvalue weighted by Gasteiger charge is -2.37. The fourth-order valence-electron chi connectivity index (χ4n) is 9.19. The van der Waals surface area contributed by atoms with Gasteiger partial charge in [-0.15, -0.1) is 0 Å². The number of nitrogens with zero attached hydrogens (tertiary/aromatic N) is 4. The molecule has 6 aromatic carbocycles. The van der Waals surface area contributed by atoms with Crippen molar-refractivity contribution in [2.75, 3.05) is 32.6 Å². The van der Waals surface area contributed by atoms with Crippen molar-refractivity contribution in [2.24, 2.45) is 0 Å². The Bertz CT molecular complexity index is 2770. The minimum absolute atomic E-state index is 0.0637. The van der Waals surface area contributed by atoms with Gasteiger partial charge in [-0.3, -0.25) is 19.3 Å². The van der Waals surface area contributed by atoms with Crippen molar-refractivity contribution in [1.29, 1.82) is 0 Å². The van der Waals surface area contributed by atoms with Crippen molar-refractivity contribution in [1.82, 2.24) is 24.8 Å². The Hall–Kier alpha value is -6.50. The molecule has 8 rings (SSSR count). The van der Waals surface area contributed by atoms with E-state index < -0.39 is 18.5 Å². The molecule has 356 valence electrons. The van der Waals surface area contributed by atoms with E-state index in [0.717, 1.165) is 39.1 Å². The second kappa shape index (κ2) is 22.3. The third-order valence-corrected chi connectivity index (χ3v) is 13.9. The number of rotatable bonds is 23. The Balaban J connectivity index is 1.26. The molecule has 0 amide bonds. The number of benzene rings is 6. The molecule has 0 saturated carbocycles. The lowest BCUT2D eigenvalue weighted by atomic mass is 9.68. The predicted octanol–water partition coefficient (Wildman–Crippen LogP) is 11.7. The van der Waals surface area contributed by atoms with Gasteiger partial charge in [-0.05, 0) is 86.2 Å². The standard InChI is InChI=1S/C56H61N6O6P/c1-41(2)67-69(63,68-42(3)4)40-66-39-62-50(36-23-37-57-56(46-30-18-10-19-31-46,47-32-20-11-21-33-47)48-34-22-35-49(38-48)64-5)58-51-52(61-65-6)59-54(60-53(51)62)55(43-24-12-7-13-25-43,44-26-14-8-15-27-44)45-28-16-9-17-29-45/h7-22,24-35,38,41-42,57H,23,36-37,39-40H2,1-6H3,(H,59,60,61). The fraction of sp³-hybridized carbons (Fsp3) is 0.268.